The number of rotatable bonds is 5. The maximum atomic E-state index is 6.22. The lowest BCUT2D eigenvalue weighted by molar-refractivity contribution is 0.412. The van der Waals surface area contributed by atoms with Crippen molar-refractivity contribution in [2.75, 3.05) is 0 Å². The fourth-order valence-corrected chi connectivity index (χ4v) is 3.25. The van der Waals surface area contributed by atoms with Gasteiger partial charge in [-0.1, -0.05) is 30.7 Å². The molecule has 0 spiro atoms. The first-order valence-corrected chi connectivity index (χ1v) is 9.30. The zero-order valence-corrected chi connectivity index (χ0v) is 16.1. The van der Waals surface area contributed by atoms with Gasteiger partial charge in [-0.05, 0) is 58.1 Å². The Kier molecular flexibility index (Phi) is 5.40. The zero-order chi connectivity index (χ0) is 18.7. The van der Waals surface area contributed by atoms with Gasteiger partial charge in [0.15, 0.2) is 0 Å². The van der Waals surface area contributed by atoms with Gasteiger partial charge in [-0.25, -0.2) is 4.99 Å². The van der Waals surface area contributed by atoms with Gasteiger partial charge >= 0.3 is 0 Å². The summed E-state index contributed by atoms with van der Waals surface area (Å²) in [4.78, 5) is 12.9. The zero-order valence-electron chi connectivity index (χ0n) is 16.1. The van der Waals surface area contributed by atoms with Crippen molar-refractivity contribution in [1.29, 1.82) is 0 Å². The maximum Gasteiger partial charge on any atom is 0.128 e. The van der Waals surface area contributed by atoms with E-state index in [0.29, 0.717) is 11.8 Å². The highest BCUT2D eigenvalue weighted by Crippen LogP contribution is 2.31. The predicted octanol–water partition coefficient (Wildman–Crippen LogP) is 5.36. The molecule has 0 atom stereocenters. The van der Waals surface area contributed by atoms with Gasteiger partial charge in [0.25, 0.3) is 0 Å². The predicted molar refractivity (Wildman–Crippen MR) is 113 cm³/mol. The van der Waals surface area contributed by atoms with Crippen LogP contribution in [-0.4, -0.2) is 16.5 Å². The van der Waals surface area contributed by atoms with E-state index in [0.717, 1.165) is 22.5 Å². The molecule has 1 fully saturated rings. The summed E-state index contributed by atoms with van der Waals surface area (Å²) in [5.74, 6) is 1.09. The lowest BCUT2D eigenvalue weighted by atomic mass is 9.82. The van der Waals surface area contributed by atoms with E-state index >= 15 is 0 Å². The smallest absolute Gasteiger partial charge is 0.128 e. The number of aromatic nitrogens is 1. The Bertz CT molecular complexity index is 921. The van der Waals surface area contributed by atoms with Crippen molar-refractivity contribution in [2.24, 2.45) is 21.6 Å². The Morgan fingerprint density at radius 1 is 1.27 bits per heavy atom. The standard InChI is InChI=1S/C22H28N4/c1-5-12-24-22(23)15(3)21(25-16(4)17-9-7-10-17)19-13-18-11-6-8-14(2)20(18)26-19/h5-6,8,11-13,17,26H,7,9-10H2,1-4H3,(H2,23,24)/b12-5-,21-15+,25-16?. The van der Waals surface area contributed by atoms with Gasteiger partial charge in [-0.15, -0.1) is 0 Å². The van der Waals surface area contributed by atoms with Gasteiger partial charge in [0.05, 0.1) is 11.4 Å². The summed E-state index contributed by atoms with van der Waals surface area (Å²) < 4.78 is 0. The van der Waals surface area contributed by atoms with Crippen LogP contribution < -0.4 is 5.73 Å². The first kappa shape index (κ1) is 18.2. The normalized spacial score (nSPS) is 17.7. The molecule has 2 aromatic rings. The summed E-state index contributed by atoms with van der Waals surface area (Å²) in [6, 6.07) is 8.47. The Labute approximate surface area is 155 Å². The van der Waals surface area contributed by atoms with Gasteiger partial charge in [-0.2, -0.15) is 0 Å². The summed E-state index contributed by atoms with van der Waals surface area (Å²) >= 11 is 0. The van der Waals surface area contributed by atoms with Gasteiger partial charge in [0.1, 0.15) is 5.84 Å². The van der Waals surface area contributed by atoms with Crippen LogP contribution in [0, 0.1) is 12.8 Å². The van der Waals surface area contributed by atoms with Crippen LogP contribution in [0.3, 0.4) is 0 Å². The van der Waals surface area contributed by atoms with E-state index in [-0.39, 0.29) is 0 Å². The average Bonchev–Trinajstić information content (AvgIpc) is 3.00. The molecule has 1 aromatic heterocycles. The minimum absolute atomic E-state index is 0.499. The highest BCUT2D eigenvalue weighted by molar-refractivity contribution is 6.05. The van der Waals surface area contributed by atoms with Gasteiger partial charge in [0.2, 0.25) is 0 Å². The van der Waals surface area contributed by atoms with Crippen LogP contribution in [0.1, 0.15) is 51.3 Å². The van der Waals surface area contributed by atoms with Crippen LogP contribution in [0.5, 0.6) is 0 Å². The van der Waals surface area contributed by atoms with E-state index in [1.807, 2.05) is 19.9 Å². The summed E-state index contributed by atoms with van der Waals surface area (Å²) in [5, 5.41) is 1.19. The van der Waals surface area contributed by atoms with Crippen molar-refractivity contribution in [3.8, 4) is 0 Å². The fraction of sp³-hybridized carbons (Fsp3) is 0.364. The van der Waals surface area contributed by atoms with Crippen molar-refractivity contribution in [3.05, 3.63) is 53.4 Å². The second-order valence-electron chi connectivity index (χ2n) is 7.07. The number of fused-ring (bicyclic) bond motifs is 1. The number of hydrogen-bond donors (Lipinski definition) is 2. The molecular weight excluding hydrogens is 320 g/mol. The average molecular weight is 348 g/mol. The van der Waals surface area contributed by atoms with E-state index in [9.17, 15) is 0 Å². The van der Waals surface area contributed by atoms with Crippen molar-refractivity contribution in [1.82, 2.24) is 4.98 Å². The van der Waals surface area contributed by atoms with Gasteiger partial charge in [-0.3, -0.25) is 4.99 Å². The lowest BCUT2D eigenvalue weighted by Gasteiger charge is -2.25. The number of aliphatic imine (C=N–C) groups is 2. The van der Waals surface area contributed by atoms with E-state index in [4.69, 9.17) is 10.7 Å². The number of hydrogen-bond acceptors (Lipinski definition) is 2. The van der Waals surface area contributed by atoms with Crippen molar-refractivity contribution in [2.45, 2.75) is 47.0 Å². The monoisotopic (exact) mass is 348 g/mol. The SMILES string of the molecule is C\C=C/N=C(N)\C(C)=C(\N=C(C)C1CCC1)c1cc2cccc(C)c2[nH]1. The first-order valence-electron chi connectivity index (χ1n) is 9.30. The molecule has 0 radical (unpaired) electrons. The van der Waals surface area contributed by atoms with Crippen molar-refractivity contribution >= 4 is 28.1 Å². The van der Waals surface area contributed by atoms with Crippen LogP contribution in [0.2, 0.25) is 0 Å². The fourth-order valence-electron chi connectivity index (χ4n) is 3.25. The molecule has 1 aromatic carbocycles. The minimum Gasteiger partial charge on any atom is -0.383 e. The van der Waals surface area contributed by atoms with Crippen LogP contribution in [-0.2, 0) is 0 Å². The Morgan fingerprint density at radius 2 is 2.04 bits per heavy atom. The topological polar surface area (TPSA) is 66.5 Å². The number of para-hydroxylation sites is 1. The largest absolute Gasteiger partial charge is 0.383 e. The molecule has 0 amide bonds. The molecule has 26 heavy (non-hydrogen) atoms. The quantitative estimate of drug-likeness (QED) is 0.554. The number of nitrogens with one attached hydrogen (secondary N) is 1. The van der Waals surface area contributed by atoms with Gasteiger partial charge < -0.3 is 10.7 Å². The summed E-state index contributed by atoms with van der Waals surface area (Å²) in [5.41, 5.74) is 12.5. The molecule has 4 heteroatoms. The molecule has 1 aliphatic carbocycles. The van der Waals surface area contributed by atoms with Crippen LogP contribution in [0.4, 0.5) is 0 Å². The number of benzene rings is 1. The second kappa shape index (κ2) is 7.73. The van der Waals surface area contributed by atoms with E-state index in [1.165, 1.54) is 35.9 Å². The molecule has 3 N–H and O–H groups in total. The molecule has 0 aliphatic heterocycles. The first-order chi connectivity index (χ1) is 12.5. The number of amidine groups is 1. The van der Waals surface area contributed by atoms with Crippen LogP contribution in [0.15, 0.2) is 52.1 Å². The Morgan fingerprint density at radius 3 is 2.65 bits per heavy atom. The van der Waals surface area contributed by atoms with Crippen LogP contribution in [0.25, 0.3) is 16.6 Å². The molecule has 1 heterocycles. The molecule has 1 saturated carbocycles. The number of aryl methyl sites for hydroxylation is 1. The molecule has 1 aliphatic rings. The summed E-state index contributed by atoms with van der Waals surface area (Å²) in [6.07, 6.45) is 7.35. The third-order valence-electron chi connectivity index (χ3n) is 5.21. The third-order valence-corrected chi connectivity index (χ3v) is 5.21. The van der Waals surface area contributed by atoms with Crippen molar-refractivity contribution in [3.63, 3.8) is 0 Å². The highest BCUT2D eigenvalue weighted by atomic mass is 14.9. The maximum absolute atomic E-state index is 6.22. The molecule has 4 nitrogen and oxygen atoms in total. The molecule has 3 rings (SSSR count). The van der Waals surface area contributed by atoms with E-state index in [2.05, 4.69) is 48.1 Å². The Balaban J connectivity index is 2.14. The molecule has 0 bridgehead atoms. The number of H-pyrrole nitrogens is 1. The van der Waals surface area contributed by atoms with Gasteiger partial charge in [0, 0.05) is 28.4 Å². The number of allylic oxidation sites excluding steroid dienone is 1. The van der Waals surface area contributed by atoms with E-state index in [1.54, 1.807) is 6.20 Å². The number of aromatic amines is 1. The summed E-state index contributed by atoms with van der Waals surface area (Å²) in [7, 11) is 0. The molecule has 136 valence electrons. The molecular formula is C22H28N4. The molecule has 0 unspecified atom stereocenters. The molecule has 0 saturated heterocycles. The lowest BCUT2D eigenvalue weighted by Crippen LogP contribution is -2.20. The van der Waals surface area contributed by atoms with E-state index < -0.39 is 0 Å². The number of nitrogens with zero attached hydrogens (tertiary/aromatic N) is 2. The third kappa shape index (κ3) is 3.64. The minimum atomic E-state index is 0.499. The number of nitrogens with two attached hydrogens (primary N) is 1. The van der Waals surface area contributed by atoms with Crippen molar-refractivity contribution < 1.29 is 0 Å². The summed E-state index contributed by atoms with van der Waals surface area (Å²) in [6.45, 7) is 8.16. The second-order valence-corrected chi connectivity index (χ2v) is 7.07. The highest BCUT2D eigenvalue weighted by Gasteiger charge is 2.21. The van der Waals surface area contributed by atoms with Crippen LogP contribution >= 0.6 is 0 Å². The Hall–Kier alpha value is -2.62.